The van der Waals surface area contributed by atoms with Crippen LogP contribution >= 0.6 is 0 Å². The zero-order valence-electron chi connectivity index (χ0n) is 24.0. The van der Waals surface area contributed by atoms with Crippen LogP contribution < -0.4 is 4.74 Å². The molecule has 0 unspecified atom stereocenters. The van der Waals surface area contributed by atoms with Gasteiger partial charge in [0.05, 0.1) is 11.6 Å². The highest BCUT2D eigenvalue weighted by Crippen LogP contribution is 2.49. The number of Topliss-reactive ketones (excluding diaryl/α,β-unsaturated/α-hetero) is 2. The lowest BCUT2D eigenvalue weighted by molar-refractivity contribution is -0.133. The van der Waals surface area contributed by atoms with Crippen molar-refractivity contribution in [2.24, 2.45) is 5.41 Å². The van der Waals surface area contributed by atoms with E-state index >= 15 is 4.39 Å². The van der Waals surface area contributed by atoms with Crippen LogP contribution in [0.15, 0.2) is 91.3 Å². The minimum absolute atomic E-state index is 0.0197. The fourth-order valence-corrected chi connectivity index (χ4v) is 5.54. The van der Waals surface area contributed by atoms with Gasteiger partial charge in [-0.15, -0.1) is 0 Å². The summed E-state index contributed by atoms with van der Waals surface area (Å²) in [6.07, 6.45) is 4.40. The Morgan fingerprint density at radius 1 is 0.860 bits per heavy atom. The van der Waals surface area contributed by atoms with Gasteiger partial charge in [0.25, 0.3) is 0 Å². The molecule has 43 heavy (non-hydrogen) atoms. The minimum atomic E-state index is -1.04. The fourth-order valence-electron chi connectivity index (χ4n) is 5.54. The summed E-state index contributed by atoms with van der Waals surface area (Å²) in [6, 6.07) is 22.0. The molecular weight excluding hydrogens is 548 g/mol. The van der Waals surface area contributed by atoms with E-state index in [0.717, 1.165) is 23.2 Å². The van der Waals surface area contributed by atoms with Gasteiger partial charge in [0.2, 0.25) is 0 Å². The molecule has 1 fully saturated rings. The molecule has 6 rings (SSSR count). The van der Waals surface area contributed by atoms with Gasteiger partial charge in [-0.3, -0.25) is 9.59 Å². The third kappa shape index (κ3) is 5.96. The number of rotatable bonds is 11. The van der Waals surface area contributed by atoms with Crippen molar-refractivity contribution in [2.45, 2.75) is 32.2 Å². The second-order valence-corrected chi connectivity index (χ2v) is 11.4. The van der Waals surface area contributed by atoms with E-state index in [4.69, 9.17) is 4.74 Å². The topological polar surface area (TPSA) is 63.9 Å². The van der Waals surface area contributed by atoms with Crippen LogP contribution in [0.3, 0.4) is 0 Å². The monoisotopic (exact) mass is 579 g/mol. The number of carbonyl (C=O) groups excluding carboxylic acids is 2. The van der Waals surface area contributed by atoms with E-state index in [9.17, 15) is 14.0 Å². The van der Waals surface area contributed by atoms with Crippen LogP contribution in [0.4, 0.5) is 8.78 Å². The second-order valence-electron chi connectivity index (χ2n) is 11.4. The number of hydrogen-bond acceptors (Lipinski definition) is 5. The lowest BCUT2D eigenvalue weighted by Crippen LogP contribution is -2.28. The first-order chi connectivity index (χ1) is 20.7. The molecule has 0 atom stereocenters. The smallest absolute Gasteiger partial charge is 0.166 e. The number of hydrogen-bond donors (Lipinski definition) is 0. The van der Waals surface area contributed by atoms with Gasteiger partial charge in [0.1, 0.15) is 11.3 Å². The molecule has 1 aliphatic rings. The summed E-state index contributed by atoms with van der Waals surface area (Å²) >= 11 is 0. The quantitative estimate of drug-likeness (QED) is 0.160. The van der Waals surface area contributed by atoms with Crippen molar-refractivity contribution in [3.05, 3.63) is 120 Å². The van der Waals surface area contributed by atoms with Crippen molar-refractivity contribution < 1.29 is 23.1 Å². The molecule has 0 saturated heterocycles. The molecule has 3 aromatic carbocycles. The average molecular weight is 580 g/mol. The predicted octanol–water partition coefficient (Wildman–Crippen LogP) is 6.84. The molecule has 2 heterocycles. The highest BCUT2D eigenvalue weighted by Gasteiger charge is 2.54. The molecule has 1 aliphatic carbocycles. The number of benzene rings is 3. The summed E-state index contributed by atoms with van der Waals surface area (Å²) in [4.78, 5) is 28.3. The van der Waals surface area contributed by atoms with Crippen molar-refractivity contribution in [1.82, 2.24) is 14.5 Å². The largest absolute Gasteiger partial charge is 0.452 e. The van der Waals surface area contributed by atoms with Crippen LogP contribution in [0, 0.1) is 17.0 Å². The van der Waals surface area contributed by atoms with Gasteiger partial charge >= 0.3 is 0 Å². The molecule has 6 nitrogen and oxygen atoms in total. The zero-order valence-corrected chi connectivity index (χ0v) is 24.0. The van der Waals surface area contributed by atoms with Crippen LogP contribution in [0.25, 0.3) is 16.6 Å². The Kier molecular flexibility index (Phi) is 7.62. The van der Waals surface area contributed by atoms with Gasteiger partial charge < -0.3 is 9.64 Å². The number of nitrogens with zero attached hydrogens (tertiary/aromatic N) is 3. The Morgan fingerprint density at radius 2 is 1.58 bits per heavy atom. The molecule has 0 radical (unpaired) electrons. The molecule has 0 N–H and O–H groups in total. The first-order valence-corrected chi connectivity index (χ1v) is 14.2. The minimum Gasteiger partial charge on any atom is -0.452 e. The Morgan fingerprint density at radius 3 is 2.28 bits per heavy atom. The molecule has 0 bridgehead atoms. The number of carbonyl (C=O) groups is 2. The highest BCUT2D eigenvalue weighted by molar-refractivity contribution is 6.11. The summed E-state index contributed by atoms with van der Waals surface area (Å²) in [5.74, 6) is -0.927. The average Bonchev–Trinajstić information content (AvgIpc) is 3.69. The molecule has 0 spiro atoms. The third-order valence-corrected chi connectivity index (χ3v) is 7.93. The maximum absolute atomic E-state index is 15.3. The molecule has 5 aromatic rings. The summed E-state index contributed by atoms with van der Waals surface area (Å²) < 4.78 is 36.4. The van der Waals surface area contributed by atoms with Crippen molar-refractivity contribution in [3.63, 3.8) is 0 Å². The Hall–Kier alpha value is -4.69. The lowest BCUT2D eigenvalue weighted by atomic mass is 9.88. The van der Waals surface area contributed by atoms with E-state index in [1.54, 1.807) is 35.0 Å². The van der Waals surface area contributed by atoms with E-state index in [0.29, 0.717) is 35.2 Å². The van der Waals surface area contributed by atoms with Gasteiger partial charge in [-0.25, -0.2) is 13.3 Å². The Balaban J connectivity index is 1.19. The van der Waals surface area contributed by atoms with Crippen LogP contribution in [-0.2, 0) is 29.0 Å². The first kappa shape index (κ1) is 28.4. The van der Waals surface area contributed by atoms with Gasteiger partial charge in [0, 0.05) is 37.2 Å². The first-order valence-electron chi connectivity index (χ1n) is 14.2. The molecule has 0 amide bonds. The predicted molar refractivity (Wildman–Crippen MR) is 160 cm³/mol. The summed E-state index contributed by atoms with van der Waals surface area (Å²) in [5.41, 5.74) is 3.86. The van der Waals surface area contributed by atoms with Gasteiger partial charge in [-0.2, -0.15) is 5.10 Å². The van der Waals surface area contributed by atoms with Crippen LogP contribution in [0.2, 0.25) is 0 Å². The number of halogens is 2. The van der Waals surface area contributed by atoms with Gasteiger partial charge in [-0.1, -0.05) is 36.4 Å². The van der Waals surface area contributed by atoms with Crippen molar-refractivity contribution >= 4 is 17.1 Å². The van der Waals surface area contributed by atoms with Crippen LogP contribution in [0.5, 0.6) is 11.5 Å². The fraction of sp³-hybridized carbons (Fsp3) is 0.229. The second kappa shape index (κ2) is 11.5. The Labute approximate surface area is 248 Å². The molecule has 8 heteroatoms. The van der Waals surface area contributed by atoms with E-state index in [1.807, 2.05) is 38.5 Å². The van der Waals surface area contributed by atoms with Gasteiger partial charge in [0.15, 0.2) is 28.9 Å². The van der Waals surface area contributed by atoms with Crippen LogP contribution in [0.1, 0.15) is 29.5 Å². The Bertz CT molecular complexity index is 1820. The van der Waals surface area contributed by atoms with E-state index < -0.39 is 11.2 Å². The zero-order chi connectivity index (χ0) is 30.1. The normalized spacial score (nSPS) is 13.8. The van der Waals surface area contributed by atoms with Crippen molar-refractivity contribution in [3.8, 4) is 22.6 Å². The molecule has 1 saturated carbocycles. The maximum atomic E-state index is 15.3. The highest BCUT2D eigenvalue weighted by atomic mass is 19.1. The summed E-state index contributed by atoms with van der Waals surface area (Å²) in [6.45, 7) is 0.796. The van der Waals surface area contributed by atoms with Crippen LogP contribution in [-0.4, -0.2) is 40.2 Å². The van der Waals surface area contributed by atoms with Gasteiger partial charge in [-0.05, 0) is 85.6 Å². The summed E-state index contributed by atoms with van der Waals surface area (Å²) in [7, 11) is 4.04. The van der Waals surface area contributed by atoms with E-state index in [2.05, 4.69) is 22.1 Å². The maximum Gasteiger partial charge on any atom is 0.166 e. The number of fused-ring (bicyclic) bond motifs is 1. The SMILES string of the molecule is CN(C)Cc1cccc(-c2ccn3nccc(Oc4ccc(CC(=O)C5(C(=O)Cc6ccc(F)cc6)CC5)cc4F)c23)c1. The lowest BCUT2D eigenvalue weighted by Gasteiger charge is -2.14. The summed E-state index contributed by atoms with van der Waals surface area (Å²) in [5, 5.41) is 4.40. The van der Waals surface area contributed by atoms with E-state index in [-0.39, 0.29) is 36.0 Å². The molecule has 2 aromatic heterocycles. The molecule has 0 aliphatic heterocycles. The van der Waals surface area contributed by atoms with E-state index in [1.165, 1.54) is 24.3 Å². The van der Waals surface area contributed by atoms with Crippen molar-refractivity contribution in [1.29, 1.82) is 0 Å². The number of ketones is 2. The number of aromatic nitrogens is 2. The third-order valence-electron chi connectivity index (χ3n) is 7.93. The molecule has 218 valence electrons. The standard InChI is InChI=1S/C35H31F2N3O3/c1-39(2)22-25-4-3-5-26(18-25)28-13-17-40-34(28)31(12-16-38-40)43-30-11-8-24(19-29(30)37)21-33(42)35(14-15-35)32(41)20-23-6-9-27(36)10-7-23/h3-13,16-19H,14-15,20-22H2,1-2H3. The number of ether oxygens (including phenoxy) is 1. The molecular formula is C35H31F2N3O3. The van der Waals surface area contributed by atoms with Crippen molar-refractivity contribution in [2.75, 3.05) is 14.1 Å².